The van der Waals surface area contributed by atoms with E-state index in [0.717, 1.165) is 0 Å². The number of nitrogens with zero attached hydrogens (tertiary/aromatic N) is 2. The fourth-order valence-electron chi connectivity index (χ4n) is 8.18. The average molecular weight is 822 g/mol. The van der Waals surface area contributed by atoms with Gasteiger partial charge in [-0.1, -0.05) is 26.0 Å². The molecular formula is C41H48FN5O10S. The van der Waals surface area contributed by atoms with Crippen LogP contribution in [0.4, 0.5) is 9.18 Å². The fourth-order valence-corrected chi connectivity index (χ4v) is 9.55. The maximum absolute atomic E-state index is 14.9. The number of carbonyl (C=O) groups excluding carboxylic acids is 3. The summed E-state index contributed by atoms with van der Waals surface area (Å²) in [4.78, 5) is 61.0. The lowest BCUT2D eigenvalue weighted by Crippen LogP contribution is -2.59. The topological polar surface area (TPSA) is 203 Å². The number of sulfonamides is 1. The van der Waals surface area contributed by atoms with Crippen molar-refractivity contribution < 1.29 is 51.3 Å². The summed E-state index contributed by atoms with van der Waals surface area (Å²) in [6.45, 7) is 3.64. The number of fused-ring (bicyclic) bond motifs is 3. The molecule has 2 aliphatic heterocycles. The molecule has 2 aliphatic carbocycles. The zero-order valence-corrected chi connectivity index (χ0v) is 33.5. The molecule has 1 aromatic heterocycles. The van der Waals surface area contributed by atoms with E-state index in [9.17, 15) is 37.1 Å². The number of pyridine rings is 1. The molecule has 4 amide bonds. The van der Waals surface area contributed by atoms with Crippen LogP contribution in [0.25, 0.3) is 22.0 Å². The summed E-state index contributed by atoms with van der Waals surface area (Å²) in [5, 5.41) is 15.6. The molecule has 58 heavy (non-hydrogen) atoms. The molecule has 17 heteroatoms. The molecular weight excluding hydrogens is 774 g/mol. The number of aromatic nitrogens is 1. The number of carbonyl (C=O) groups is 4. The molecule has 0 radical (unpaired) electrons. The summed E-state index contributed by atoms with van der Waals surface area (Å²) in [5.41, 5.74) is -0.804. The van der Waals surface area contributed by atoms with Gasteiger partial charge in [0.05, 0.1) is 31.7 Å². The van der Waals surface area contributed by atoms with Gasteiger partial charge in [-0.25, -0.2) is 22.6 Å². The number of nitrogens with one attached hydrogen (secondary N) is 3. The summed E-state index contributed by atoms with van der Waals surface area (Å²) < 4.78 is 60.0. The third kappa shape index (κ3) is 8.40. The number of methoxy groups -OCH3 is 2. The van der Waals surface area contributed by atoms with Crippen molar-refractivity contribution in [3.8, 4) is 28.6 Å². The predicted octanol–water partition coefficient (Wildman–Crippen LogP) is 4.54. The highest BCUT2D eigenvalue weighted by molar-refractivity contribution is 7.91. The van der Waals surface area contributed by atoms with Gasteiger partial charge >= 0.3 is 6.09 Å². The van der Waals surface area contributed by atoms with Crippen LogP contribution in [0.1, 0.15) is 58.8 Å². The molecule has 7 rings (SSSR count). The van der Waals surface area contributed by atoms with Crippen molar-refractivity contribution in [3.63, 3.8) is 0 Å². The van der Waals surface area contributed by atoms with Crippen LogP contribution in [0, 0.1) is 23.6 Å². The predicted molar refractivity (Wildman–Crippen MR) is 210 cm³/mol. The smallest absolute Gasteiger partial charge is 0.405 e. The van der Waals surface area contributed by atoms with E-state index in [2.05, 4.69) is 15.4 Å². The third-order valence-electron chi connectivity index (χ3n) is 11.6. The van der Waals surface area contributed by atoms with E-state index < -0.39 is 80.5 Å². The molecule has 3 heterocycles. The molecule has 0 spiro atoms. The van der Waals surface area contributed by atoms with Crippen LogP contribution in [0.3, 0.4) is 0 Å². The van der Waals surface area contributed by atoms with E-state index in [0.29, 0.717) is 59.9 Å². The van der Waals surface area contributed by atoms with E-state index in [-0.39, 0.29) is 36.9 Å². The van der Waals surface area contributed by atoms with Gasteiger partial charge in [0.2, 0.25) is 27.7 Å². The maximum Gasteiger partial charge on any atom is 0.405 e. The second-order valence-electron chi connectivity index (χ2n) is 15.9. The molecule has 2 saturated carbocycles. The highest BCUT2D eigenvalue weighted by Gasteiger charge is 2.62. The molecule has 7 atom stereocenters. The molecule has 15 nitrogen and oxygen atoms in total. The quantitative estimate of drug-likeness (QED) is 0.221. The Balaban J connectivity index is 1.25. The molecule has 3 fully saturated rings. The zero-order valence-electron chi connectivity index (χ0n) is 32.7. The average Bonchev–Trinajstić information content (AvgIpc) is 4.11. The summed E-state index contributed by atoms with van der Waals surface area (Å²) in [6, 6.07) is 8.93. The minimum atomic E-state index is -3.95. The Morgan fingerprint density at radius 1 is 1.03 bits per heavy atom. The first-order valence-corrected chi connectivity index (χ1v) is 21.0. The van der Waals surface area contributed by atoms with Gasteiger partial charge in [-0.2, -0.15) is 0 Å². The van der Waals surface area contributed by atoms with Crippen LogP contribution in [-0.4, -0.2) is 97.0 Å². The van der Waals surface area contributed by atoms with Crippen molar-refractivity contribution in [1.29, 1.82) is 0 Å². The van der Waals surface area contributed by atoms with Crippen molar-refractivity contribution in [1.82, 2.24) is 25.2 Å². The van der Waals surface area contributed by atoms with Crippen molar-refractivity contribution in [2.75, 3.05) is 20.8 Å². The number of hydrogen-bond acceptors (Lipinski definition) is 10. The number of allylic oxidation sites excluding steroid dienone is 1. The molecule has 310 valence electrons. The van der Waals surface area contributed by atoms with Gasteiger partial charge in [0.25, 0.3) is 5.91 Å². The van der Waals surface area contributed by atoms with Crippen LogP contribution >= 0.6 is 0 Å². The maximum atomic E-state index is 14.9. The van der Waals surface area contributed by atoms with E-state index in [1.165, 1.54) is 31.3 Å². The van der Waals surface area contributed by atoms with Crippen LogP contribution in [0.2, 0.25) is 0 Å². The number of halogens is 1. The second kappa shape index (κ2) is 16.1. The van der Waals surface area contributed by atoms with Gasteiger partial charge in [0.1, 0.15) is 29.5 Å². The van der Waals surface area contributed by atoms with Gasteiger partial charge in [-0.15, -0.1) is 0 Å². The Morgan fingerprint density at radius 2 is 1.81 bits per heavy atom. The summed E-state index contributed by atoms with van der Waals surface area (Å²) in [7, 11) is -1.07. The lowest BCUT2D eigenvalue weighted by Gasteiger charge is -2.32. The zero-order chi connectivity index (χ0) is 41.5. The number of ether oxygens (including phenoxy) is 3. The van der Waals surface area contributed by atoms with Gasteiger partial charge in [0, 0.05) is 23.3 Å². The van der Waals surface area contributed by atoms with Crippen LogP contribution < -0.4 is 29.6 Å². The number of benzene rings is 2. The number of carboxylic acid groups (broad SMARTS) is 1. The van der Waals surface area contributed by atoms with Gasteiger partial charge in [-0.05, 0) is 98.2 Å². The Bertz CT molecular complexity index is 2270. The molecule has 3 aromatic rings. The minimum absolute atomic E-state index is 0.0525. The Hall–Kier alpha value is -5.45. The van der Waals surface area contributed by atoms with E-state index >= 15 is 0 Å². The van der Waals surface area contributed by atoms with Crippen molar-refractivity contribution >= 4 is 44.6 Å². The third-order valence-corrected chi connectivity index (χ3v) is 13.4. The van der Waals surface area contributed by atoms with Crippen LogP contribution in [0.15, 0.2) is 54.6 Å². The standard InChI is InChI=1S/C41H48FN5O10S/c1-22-7-5-6-8-26-20-41(26,39(50)46-58(53,54)29-11-12-29)45-36(48)33-19-28(21-47(33)38(49)35(23(2)15-22)44-40(51)52)57-37-30-13-10-27(55-3)16-25(30)18-32(43-37)24-9-14-34(56-4)31(42)17-24/h6,8-10,13-14,16-18,22-23,26,28-29,33,35,44H,5,7,11-12,15,19-21H2,1-4H3,(H,45,48)(H,46,50)(H,51,52)/b8-6-/t22-,23+,26+,28+,33-,35-,41+/m0/s1. The Morgan fingerprint density at radius 3 is 2.50 bits per heavy atom. The number of rotatable bonds is 9. The van der Waals surface area contributed by atoms with Crippen LogP contribution in [0.5, 0.6) is 17.4 Å². The molecule has 4 aliphatic rings. The lowest BCUT2D eigenvalue weighted by molar-refractivity contribution is -0.142. The highest BCUT2D eigenvalue weighted by Crippen LogP contribution is 2.46. The fraction of sp³-hybridized carbons (Fsp3) is 0.488. The second-order valence-corrected chi connectivity index (χ2v) is 17.9. The Labute approximate surface area is 335 Å². The molecule has 0 unspecified atom stereocenters. The van der Waals surface area contributed by atoms with E-state index in [1.807, 2.05) is 19.1 Å². The lowest BCUT2D eigenvalue weighted by atomic mass is 9.88. The Kier molecular flexibility index (Phi) is 11.3. The minimum Gasteiger partial charge on any atom is -0.497 e. The monoisotopic (exact) mass is 821 g/mol. The van der Waals surface area contributed by atoms with Crippen molar-refractivity contribution in [2.24, 2.45) is 17.8 Å². The summed E-state index contributed by atoms with van der Waals surface area (Å²) in [6.07, 6.45) is 4.24. The molecule has 4 N–H and O–H groups in total. The SMILES string of the molecule is COc1ccc2c(O[C@@H]3C[C@H]4C(=O)N[C@]5(C(=O)NS(=O)(=O)C6CC6)C[C@H]5/C=C\CC[C@H](C)C[C@@H](C)[C@H](NC(=O)O)C(=O)N4C3)nc(-c3ccc(OC)c(F)c3)cc2c1. The van der Waals surface area contributed by atoms with Gasteiger partial charge in [0.15, 0.2) is 11.6 Å². The first kappa shape index (κ1) is 40.7. The van der Waals surface area contributed by atoms with Crippen molar-refractivity contribution in [3.05, 3.63) is 60.4 Å². The normalized spacial score (nSPS) is 28.2. The van der Waals surface area contributed by atoms with E-state index in [1.54, 1.807) is 37.3 Å². The number of hydrogen-bond donors (Lipinski definition) is 4. The highest BCUT2D eigenvalue weighted by atomic mass is 32.2. The van der Waals surface area contributed by atoms with Gasteiger partial charge < -0.3 is 34.9 Å². The van der Waals surface area contributed by atoms with Crippen molar-refractivity contribution in [2.45, 2.75) is 87.8 Å². The largest absolute Gasteiger partial charge is 0.497 e. The summed E-state index contributed by atoms with van der Waals surface area (Å²) in [5.74, 6) is -2.96. The van der Waals surface area contributed by atoms with E-state index in [4.69, 9.17) is 19.2 Å². The molecule has 0 bridgehead atoms. The van der Waals surface area contributed by atoms with Crippen LogP contribution in [-0.2, 0) is 24.4 Å². The first-order chi connectivity index (χ1) is 27.6. The molecule has 2 aromatic carbocycles. The summed E-state index contributed by atoms with van der Waals surface area (Å²) >= 11 is 0. The van der Waals surface area contributed by atoms with Gasteiger partial charge in [-0.3, -0.25) is 19.1 Å². The molecule has 1 saturated heterocycles. The number of amides is 4. The first-order valence-electron chi connectivity index (χ1n) is 19.5.